The molecule has 1 aromatic carbocycles. The van der Waals surface area contributed by atoms with Gasteiger partial charge in [0, 0.05) is 30.2 Å². The van der Waals surface area contributed by atoms with Gasteiger partial charge >= 0.3 is 6.18 Å². The van der Waals surface area contributed by atoms with Crippen molar-refractivity contribution in [1.29, 1.82) is 0 Å². The Kier molecular flexibility index (Phi) is 6.98. The van der Waals surface area contributed by atoms with E-state index in [9.17, 15) is 22.8 Å². The Labute approximate surface area is 182 Å². The Balaban J connectivity index is 1.61. The number of hydrogen-bond donors (Lipinski definition) is 1. The Morgan fingerprint density at radius 2 is 1.94 bits per heavy atom. The van der Waals surface area contributed by atoms with Crippen molar-refractivity contribution in [1.82, 2.24) is 15.1 Å². The van der Waals surface area contributed by atoms with Gasteiger partial charge in [0.15, 0.2) is 0 Å². The van der Waals surface area contributed by atoms with E-state index in [0.29, 0.717) is 31.0 Å². The first-order valence-corrected chi connectivity index (χ1v) is 11.0. The molecule has 1 aliphatic heterocycles. The molecule has 8 heteroatoms. The molecule has 0 radical (unpaired) electrons. The highest BCUT2D eigenvalue weighted by Gasteiger charge is 2.41. The fraction of sp³-hybridized carbons (Fsp3) is 0.652. The van der Waals surface area contributed by atoms with Crippen LogP contribution in [-0.4, -0.2) is 59.4 Å². The third-order valence-electron chi connectivity index (χ3n) is 6.88. The number of nitrogens with zero attached hydrogens (tertiary/aromatic N) is 2. The lowest BCUT2D eigenvalue weighted by Gasteiger charge is -2.43. The average molecular weight is 440 g/mol. The minimum atomic E-state index is -4.52. The maximum absolute atomic E-state index is 13.0. The number of halogens is 3. The number of carbonyl (C=O) groups is 2. The number of likely N-dealkylation sites (tertiary alicyclic amines) is 1. The van der Waals surface area contributed by atoms with Crippen LogP contribution in [0.2, 0.25) is 0 Å². The quantitative estimate of drug-likeness (QED) is 0.756. The zero-order chi connectivity index (χ0) is 22.9. The number of rotatable bonds is 5. The lowest BCUT2D eigenvalue weighted by molar-refractivity contribution is -0.137. The fourth-order valence-corrected chi connectivity index (χ4v) is 4.85. The highest BCUT2D eigenvalue weighted by Crippen LogP contribution is 2.34. The van der Waals surface area contributed by atoms with Gasteiger partial charge in [0.1, 0.15) is 6.04 Å². The lowest BCUT2D eigenvalue weighted by Crippen LogP contribution is -2.51. The third-order valence-corrected chi connectivity index (χ3v) is 6.88. The second-order valence-electron chi connectivity index (χ2n) is 9.20. The molecule has 1 aromatic rings. The van der Waals surface area contributed by atoms with Crippen molar-refractivity contribution in [3.63, 3.8) is 0 Å². The number of alkyl halides is 3. The molecule has 0 bridgehead atoms. The summed E-state index contributed by atoms with van der Waals surface area (Å²) in [5.41, 5.74) is -0.969. The molecule has 2 aliphatic rings. The van der Waals surface area contributed by atoms with Gasteiger partial charge in [-0.15, -0.1) is 0 Å². The Bertz CT molecular complexity index is 812. The van der Waals surface area contributed by atoms with Gasteiger partial charge in [0.2, 0.25) is 5.91 Å². The summed E-state index contributed by atoms with van der Waals surface area (Å²) in [4.78, 5) is 29.7. The molecule has 1 saturated heterocycles. The molecule has 172 valence electrons. The first-order valence-electron chi connectivity index (χ1n) is 11.0. The minimum absolute atomic E-state index is 0.0910. The molecule has 3 rings (SSSR count). The summed E-state index contributed by atoms with van der Waals surface area (Å²) in [7, 11) is 2.14. The van der Waals surface area contributed by atoms with Crippen LogP contribution in [0.4, 0.5) is 13.2 Å². The number of amides is 2. The van der Waals surface area contributed by atoms with Gasteiger partial charge in [-0.25, -0.2) is 0 Å². The molecule has 2 amide bonds. The molecule has 4 atom stereocenters. The third kappa shape index (κ3) is 5.22. The maximum Gasteiger partial charge on any atom is 0.416 e. The lowest BCUT2D eigenvalue weighted by atomic mass is 9.81. The molecule has 0 aromatic heterocycles. The van der Waals surface area contributed by atoms with Crippen LogP contribution in [0.3, 0.4) is 0 Å². The van der Waals surface area contributed by atoms with Gasteiger partial charge in [-0.3, -0.25) is 9.59 Å². The number of hydrogen-bond acceptors (Lipinski definition) is 3. The summed E-state index contributed by atoms with van der Waals surface area (Å²) in [6.45, 7) is 7.09. The summed E-state index contributed by atoms with van der Waals surface area (Å²) in [6.07, 6.45) is -1.08. The predicted molar refractivity (Wildman–Crippen MR) is 113 cm³/mol. The molecule has 31 heavy (non-hydrogen) atoms. The SMILES string of the molecule is CC(C)N(C)[C@@H]1CC[C@H](N2CC[C@H](NC(=O)c3cccc(C(F)(F)F)c3)C2=O)[C@@H](C)C1. The highest BCUT2D eigenvalue weighted by atomic mass is 19.4. The van der Waals surface area contributed by atoms with Crippen LogP contribution in [-0.2, 0) is 11.0 Å². The van der Waals surface area contributed by atoms with Crippen molar-refractivity contribution in [3.05, 3.63) is 35.4 Å². The molecular formula is C23H32F3N3O2. The zero-order valence-corrected chi connectivity index (χ0v) is 18.6. The predicted octanol–water partition coefficient (Wildman–Crippen LogP) is 3.93. The molecule has 0 unspecified atom stereocenters. The zero-order valence-electron chi connectivity index (χ0n) is 18.6. The van der Waals surface area contributed by atoms with E-state index in [0.717, 1.165) is 31.4 Å². The summed E-state index contributed by atoms with van der Waals surface area (Å²) in [5.74, 6) is -0.434. The van der Waals surface area contributed by atoms with Crippen LogP contribution >= 0.6 is 0 Å². The average Bonchev–Trinajstić information content (AvgIpc) is 3.06. The molecular weight excluding hydrogens is 407 g/mol. The van der Waals surface area contributed by atoms with E-state index >= 15 is 0 Å². The van der Waals surface area contributed by atoms with E-state index in [1.54, 1.807) is 0 Å². The normalized spacial score (nSPS) is 27.3. The van der Waals surface area contributed by atoms with E-state index in [4.69, 9.17) is 0 Å². The first kappa shape index (κ1) is 23.6. The largest absolute Gasteiger partial charge is 0.416 e. The monoisotopic (exact) mass is 439 g/mol. The van der Waals surface area contributed by atoms with E-state index < -0.39 is 23.7 Å². The molecule has 2 fully saturated rings. The minimum Gasteiger partial charge on any atom is -0.340 e. The molecule has 5 nitrogen and oxygen atoms in total. The van der Waals surface area contributed by atoms with Crippen molar-refractivity contribution in [2.45, 2.75) is 76.8 Å². The molecule has 1 N–H and O–H groups in total. The van der Waals surface area contributed by atoms with Crippen molar-refractivity contribution in [3.8, 4) is 0 Å². The van der Waals surface area contributed by atoms with Crippen molar-refractivity contribution in [2.75, 3.05) is 13.6 Å². The van der Waals surface area contributed by atoms with E-state index in [2.05, 4.69) is 38.0 Å². The van der Waals surface area contributed by atoms with Crippen molar-refractivity contribution in [2.24, 2.45) is 5.92 Å². The van der Waals surface area contributed by atoms with Crippen LogP contribution in [0, 0.1) is 5.92 Å². The molecule has 1 aliphatic carbocycles. The van der Waals surface area contributed by atoms with E-state index in [1.807, 2.05) is 4.90 Å². The highest BCUT2D eigenvalue weighted by molar-refractivity contribution is 5.98. The van der Waals surface area contributed by atoms with Crippen LogP contribution in [0.5, 0.6) is 0 Å². The van der Waals surface area contributed by atoms with Crippen LogP contribution in [0.25, 0.3) is 0 Å². The van der Waals surface area contributed by atoms with Crippen molar-refractivity contribution >= 4 is 11.8 Å². The maximum atomic E-state index is 13.0. The van der Waals surface area contributed by atoms with Gasteiger partial charge in [-0.2, -0.15) is 13.2 Å². The van der Waals surface area contributed by atoms with Gasteiger partial charge in [-0.05, 0) is 70.7 Å². The van der Waals surface area contributed by atoms with Crippen LogP contribution in [0.1, 0.15) is 62.4 Å². The Hall–Kier alpha value is -2.09. The summed E-state index contributed by atoms with van der Waals surface area (Å²) in [6, 6.07) is 4.70. The Morgan fingerprint density at radius 1 is 1.23 bits per heavy atom. The number of nitrogens with one attached hydrogen (secondary N) is 1. The molecule has 1 saturated carbocycles. The summed E-state index contributed by atoms with van der Waals surface area (Å²) in [5, 5.41) is 2.64. The van der Waals surface area contributed by atoms with Gasteiger partial charge in [-0.1, -0.05) is 13.0 Å². The summed E-state index contributed by atoms with van der Waals surface area (Å²) >= 11 is 0. The van der Waals surface area contributed by atoms with E-state index in [1.165, 1.54) is 12.1 Å². The second-order valence-corrected chi connectivity index (χ2v) is 9.20. The van der Waals surface area contributed by atoms with Crippen LogP contribution in [0.15, 0.2) is 24.3 Å². The number of carbonyl (C=O) groups excluding carboxylic acids is 2. The van der Waals surface area contributed by atoms with E-state index in [-0.39, 0.29) is 17.5 Å². The van der Waals surface area contributed by atoms with Crippen LogP contribution < -0.4 is 5.32 Å². The fourth-order valence-electron chi connectivity index (χ4n) is 4.85. The van der Waals surface area contributed by atoms with Gasteiger partial charge in [0.05, 0.1) is 5.56 Å². The smallest absolute Gasteiger partial charge is 0.340 e. The number of benzene rings is 1. The first-order chi connectivity index (χ1) is 14.5. The second kappa shape index (κ2) is 9.18. The van der Waals surface area contributed by atoms with Crippen molar-refractivity contribution < 1.29 is 22.8 Å². The van der Waals surface area contributed by atoms with Gasteiger partial charge in [0.25, 0.3) is 5.91 Å². The summed E-state index contributed by atoms with van der Waals surface area (Å²) < 4.78 is 38.8. The van der Waals surface area contributed by atoms with Gasteiger partial charge < -0.3 is 15.1 Å². The Morgan fingerprint density at radius 3 is 2.55 bits per heavy atom. The standard InChI is InChI=1S/C23H32F3N3O2/c1-14(2)28(4)18-8-9-20(15(3)12-18)29-11-10-19(22(29)31)27-21(30)16-6-5-7-17(13-16)23(24,25)26/h5-7,13-15,18-20H,8-12H2,1-4H3,(H,27,30)/t15-,18+,19-,20-/m0/s1. The topological polar surface area (TPSA) is 52.6 Å². The molecule has 1 heterocycles. The molecule has 0 spiro atoms.